The molecular formula is C14H21N3O3. The van der Waals surface area contributed by atoms with Crippen LogP contribution in [0.5, 0.6) is 5.75 Å². The first-order valence-corrected chi connectivity index (χ1v) is 6.43. The predicted molar refractivity (Wildman–Crippen MR) is 77.9 cm³/mol. The molecule has 0 spiro atoms. The van der Waals surface area contributed by atoms with Crippen molar-refractivity contribution in [2.45, 2.75) is 25.8 Å². The monoisotopic (exact) mass is 279 g/mol. The number of carbonyl (C=O) groups is 2. The van der Waals surface area contributed by atoms with Crippen molar-refractivity contribution in [1.29, 1.82) is 0 Å². The first kappa shape index (κ1) is 16.0. The molecule has 0 saturated heterocycles. The summed E-state index contributed by atoms with van der Waals surface area (Å²) in [5.41, 5.74) is 6.43. The van der Waals surface area contributed by atoms with Crippen molar-refractivity contribution in [1.82, 2.24) is 5.32 Å². The Labute approximate surface area is 118 Å². The van der Waals surface area contributed by atoms with Gasteiger partial charge in [0, 0.05) is 19.5 Å². The fraction of sp³-hybridized carbons (Fsp3) is 0.429. The van der Waals surface area contributed by atoms with Gasteiger partial charge in [-0.05, 0) is 31.5 Å². The van der Waals surface area contributed by atoms with Gasteiger partial charge in [0.1, 0.15) is 5.75 Å². The zero-order valence-corrected chi connectivity index (χ0v) is 12.0. The normalized spacial score (nSPS) is 11.6. The lowest BCUT2D eigenvalue weighted by atomic mass is 10.1. The lowest BCUT2D eigenvalue weighted by molar-refractivity contribution is -0.116. The Morgan fingerprint density at radius 2 is 2.10 bits per heavy atom. The van der Waals surface area contributed by atoms with E-state index >= 15 is 0 Å². The highest BCUT2D eigenvalue weighted by Gasteiger charge is 2.14. The van der Waals surface area contributed by atoms with Crippen LogP contribution in [0.3, 0.4) is 0 Å². The average molecular weight is 279 g/mol. The van der Waals surface area contributed by atoms with E-state index in [9.17, 15) is 9.59 Å². The van der Waals surface area contributed by atoms with Gasteiger partial charge in [-0.1, -0.05) is 0 Å². The van der Waals surface area contributed by atoms with Gasteiger partial charge >= 0.3 is 0 Å². The van der Waals surface area contributed by atoms with Gasteiger partial charge in [0.15, 0.2) is 0 Å². The molecule has 0 aliphatic rings. The summed E-state index contributed by atoms with van der Waals surface area (Å²) in [7, 11) is 3.05. The second kappa shape index (κ2) is 7.49. The summed E-state index contributed by atoms with van der Waals surface area (Å²) in [6.07, 6.45) is 0.911. The van der Waals surface area contributed by atoms with Gasteiger partial charge < -0.3 is 21.1 Å². The Morgan fingerprint density at radius 1 is 1.40 bits per heavy atom. The third-order valence-corrected chi connectivity index (χ3v) is 2.80. The Morgan fingerprint density at radius 3 is 2.65 bits per heavy atom. The first-order valence-electron chi connectivity index (χ1n) is 6.43. The maximum Gasteiger partial charge on any atom is 0.253 e. The lowest BCUT2D eigenvalue weighted by Gasteiger charge is -2.12. The minimum absolute atomic E-state index is 0.0324. The highest BCUT2D eigenvalue weighted by atomic mass is 16.5. The average Bonchev–Trinajstić information content (AvgIpc) is 2.44. The van der Waals surface area contributed by atoms with Crippen LogP contribution in [0.4, 0.5) is 5.69 Å². The van der Waals surface area contributed by atoms with Crippen LogP contribution >= 0.6 is 0 Å². The van der Waals surface area contributed by atoms with E-state index in [0.717, 1.165) is 0 Å². The van der Waals surface area contributed by atoms with E-state index in [0.29, 0.717) is 29.8 Å². The standard InChI is InChI=1S/C14H21N3O3/c1-9(15)4-7-13(18)17-12-6-5-10(20-3)8-11(12)14(19)16-2/h5-6,8-9H,4,7,15H2,1-3H3,(H,16,19)(H,17,18). The molecule has 0 aliphatic heterocycles. The van der Waals surface area contributed by atoms with Crippen molar-refractivity contribution in [3.8, 4) is 5.75 Å². The molecule has 1 aromatic carbocycles. The zero-order valence-electron chi connectivity index (χ0n) is 12.0. The summed E-state index contributed by atoms with van der Waals surface area (Å²) in [5, 5.41) is 5.25. The van der Waals surface area contributed by atoms with Gasteiger partial charge in [-0.15, -0.1) is 0 Å². The molecule has 6 nitrogen and oxygen atoms in total. The molecule has 0 saturated carbocycles. The quantitative estimate of drug-likeness (QED) is 0.727. The molecule has 1 rings (SSSR count). The molecule has 1 unspecified atom stereocenters. The van der Waals surface area contributed by atoms with Crippen LogP contribution in [0.2, 0.25) is 0 Å². The molecule has 20 heavy (non-hydrogen) atoms. The number of hydrogen-bond acceptors (Lipinski definition) is 4. The smallest absolute Gasteiger partial charge is 0.253 e. The summed E-state index contributed by atoms with van der Waals surface area (Å²) in [5.74, 6) is 0.0983. The second-order valence-electron chi connectivity index (χ2n) is 4.55. The van der Waals surface area contributed by atoms with E-state index in [-0.39, 0.29) is 17.9 Å². The number of anilines is 1. The molecule has 0 aromatic heterocycles. The van der Waals surface area contributed by atoms with Crippen molar-refractivity contribution in [3.63, 3.8) is 0 Å². The number of nitrogens with two attached hydrogens (primary N) is 1. The van der Waals surface area contributed by atoms with Crippen molar-refractivity contribution >= 4 is 17.5 Å². The van der Waals surface area contributed by atoms with Crippen molar-refractivity contribution in [2.24, 2.45) is 5.73 Å². The van der Waals surface area contributed by atoms with Gasteiger partial charge in [0.25, 0.3) is 5.91 Å². The fourth-order valence-electron chi connectivity index (χ4n) is 1.65. The predicted octanol–water partition coefficient (Wildman–Crippen LogP) is 1.12. The largest absolute Gasteiger partial charge is 0.497 e. The van der Waals surface area contributed by atoms with Crippen LogP contribution in [-0.2, 0) is 4.79 Å². The Balaban J connectivity index is 2.88. The van der Waals surface area contributed by atoms with Crippen LogP contribution in [0.1, 0.15) is 30.1 Å². The molecule has 4 N–H and O–H groups in total. The van der Waals surface area contributed by atoms with Gasteiger partial charge in [-0.3, -0.25) is 9.59 Å². The molecule has 0 fully saturated rings. The summed E-state index contributed by atoms with van der Waals surface area (Å²) in [6, 6.07) is 4.89. The summed E-state index contributed by atoms with van der Waals surface area (Å²) < 4.78 is 5.08. The maximum atomic E-state index is 11.8. The number of methoxy groups -OCH3 is 1. The maximum absolute atomic E-state index is 11.8. The van der Waals surface area contributed by atoms with Crippen molar-refractivity contribution in [3.05, 3.63) is 23.8 Å². The number of rotatable bonds is 6. The summed E-state index contributed by atoms with van der Waals surface area (Å²) >= 11 is 0. The van der Waals surface area contributed by atoms with Gasteiger partial charge in [-0.25, -0.2) is 0 Å². The molecule has 6 heteroatoms. The molecule has 1 atom stereocenters. The Bertz CT molecular complexity index is 487. The molecule has 1 aromatic rings. The van der Waals surface area contributed by atoms with E-state index in [2.05, 4.69) is 10.6 Å². The van der Waals surface area contributed by atoms with E-state index in [1.807, 2.05) is 6.92 Å². The molecular weight excluding hydrogens is 258 g/mol. The topological polar surface area (TPSA) is 93.5 Å². The highest BCUT2D eigenvalue weighted by Crippen LogP contribution is 2.22. The molecule has 2 amide bonds. The number of amides is 2. The fourth-order valence-corrected chi connectivity index (χ4v) is 1.65. The van der Waals surface area contributed by atoms with Crippen LogP contribution < -0.4 is 21.1 Å². The highest BCUT2D eigenvalue weighted by molar-refractivity contribution is 6.04. The number of benzene rings is 1. The molecule has 110 valence electrons. The SMILES string of the molecule is CNC(=O)c1cc(OC)ccc1NC(=O)CCC(C)N. The summed E-state index contributed by atoms with van der Waals surface area (Å²) in [6.45, 7) is 1.84. The molecule has 0 bridgehead atoms. The van der Waals surface area contributed by atoms with Crippen LogP contribution in [-0.4, -0.2) is 32.0 Å². The Hall–Kier alpha value is -2.08. The Kier molecular flexibility index (Phi) is 5.99. The third kappa shape index (κ3) is 4.55. The number of carbonyl (C=O) groups excluding carboxylic acids is 2. The van der Waals surface area contributed by atoms with Gasteiger partial charge in [0.2, 0.25) is 5.91 Å². The van der Waals surface area contributed by atoms with E-state index < -0.39 is 0 Å². The van der Waals surface area contributed by atoms with Gasteiger partial charge in [0.05, 0.1) is 18.4 Å². The molecule has 0 heterocycles. The third-order valence-electron chi connectivity index (χ3n) is 2.80. The van der Waals surface area contributed by atoms with Crippen molar-refractivity contribution < 1.29 is 14.3 Å². The number of hydrogen-bond donors (Lipinski definition) is 3. The lowest BCUT2D eigenvalue weighted by Crippen LogP contribution is -2.23. The minimum atomic E-state index is -0.286. The molecule has 0 radical (unpaired) electrons. The van der Waals surface area contributed by atoms with Crippen LogP contribution in [0, 0.1) is 0 Å². The number of nitrogens with one attached hydrogen (secondary N) is 2. The molecule has 0 aliphatic carbocycles. The van der Waals surface area contributed by atoms with Crippen LogP contribution in [0.15, 0.2) is 18.2 Å². The van der Waals surface area contributed by atoms with Gasteiger partial charge in [-0.2, -0.15) is 0 Å². The van der Waals surface area contributed by atoms with E-state index in [1.54, 1.807) is 18.2 Å². The van der Waals surface area contributed by atoms with Crippen LogP contribution in [0.25, 0.3) is 0 Å². The summed E-state index contributed by atoms with van der Waals surface area (Å²) in [4.78, 5) is 23.6. The minimum Gasteiger partial charge on any atom is -0.497 e. The second-order valence-corrected chi connectivity index (χ2v) is 4.55. The van der Waals surface area contributed by atoms with E-state index in [4.69, 9.17) is 10.5 Å². The zero-order chi connectivity index (χ0) is 15.1. The van der Waals surface area contributed by atoms with Crippen molar-refractivity contribution in [2.75, 3.05) is 19.5 Å². The van der Waals surface area contributed by atoms with E-state index in [1.165, 1.54) is 14.2 Å². The number of ether oxygens (including phenoxy) is 1. The first-order chi connectivity index (χ1) is 9.47.